The first-order valence-corrected chi connectivity index (χ1v) is 26.0. The fraction of sp³-hybridized carbons (Fsp3) is 0.0735. The second-order valence-corrected chi connectivity index (χ2v) is 14.5. The first kappa shape index (κ1) is 100. The third-order valence-electron chi connectivity index (χ3n) is 8.76. The molecule has 0 aliphatic carbocycles. The Bertz CT molecular complexity index is 3220. The van der Waals surface area contributed by atoms with Crippen LogP contribution in [0.1, 0.15) is 34.6 Å². The average Bonchev–Trinajstić information content (AvgIpc) is 1.79. The van der Waals surface area contributed by atoms with Crippen LogP contribution in [0.3, 0.4) is 0 Å². The molecule has 0 aliphatic rings. The minimum Gasteiger partial charge on any atom is -0.512 e. The Morgan fingerprint density at radius 3 is 0.561 bits per heavy atom. The van der Waals surface area contributed by atoms with Crippen LogP contribution in [0.15, 0.2) is 245 Å². The van der Waals surface area contributed by atoms with E-state index in [0.717, 1.165) is 57.2 Å². The fourth-order valence-electron chi connectivity index (χ4n) is 5.65. The molecule has 490 valence electrons. The van der Waals surface area contributed by atoms with Gasteiger partial charge in [0.15, 0.2) is 11.6 Å². The molecule has 0 bridgehead atoms. The van der Waals surface area contributed by atoms with Gasteiger partial charge in [0.05, 0.1) is 75.9 Å². The van der Waals surface area contributed by atoms with Gasteiger partial charge in [-0.05, 0) is 103 Å². The number of aromatic amines is 3. The number of H-pyrrole nitrogens is 3. The molecule has 0 aromatic carbocycles. The molecule has 0 saturated carbocycles. The molecule has 30 heteroatoms. The minimum atomic E-state index is 0. The number of hydrogen-bond acceptors (Lipinski definition) is 23. The number of nitriles is 5. The molecule has 12 heterocycles. The maximum atomic E-state index is 7.32. The first-order chi connectivity index (χ1) is 46.9. The maximum Gasteiger partial charge on any atom is 3.00 e. The van der Waals surface area contributed by atoms with Crippen LogP contribution < -0.4 is 4.98 Å². The topological polar surface area (TPSA) is 478 Å². The van der Waals surface area contributed by atoms with Gasteiger partial charge in [-0.2, -0.15) is 26.3 Å². The van der Waals surface area contributed by atoms with E-state index in [1.807, 2.05) is 146 Å². The molecule has 12 aromatic heterocycles. The summed E-state index contributed by atoms with van der Waals surface area (Å²) in [5.41, 5.74) is 7.32. The van der Waals surface area contributed by atoms with Crippen LogP contribution in [0.2, 0.25) is 0 Å². The molecular weight excluding hydrogens is 1460 g/mol. The Balaban J connectivity index is -0.000000153. The van der Waals surface area contributed by atoms with Crippen molar-refractivity contribution < 1.29 is 55.7 Å². The summed E-state index contributed by atoms with van der Waals surface area (Å²) >= 11 is 0. The van der Waals surface area contributed by atoms with Crippen LogP contribution in [0.5, 0.6) is 0 Å². The normalized spacial score (nSPS) is 7.31. The molecule has 0 saturated heterocycles. The second kappa shape index (κ2) is 81.2. The average molecular weight is 1510 g/mol. The summed E-state index contributed by atoms with van der Waals surface area (Å²) < 4.78 is 0. The van der Waals surface area contributed by atoms with Crippen LogP contribution in [0, 0.1) is 128 Å². The largest absolute Gasteiger partial charge is 3.00 e. The van der Waals surface area contributed by atoms with Crippen molar-refractivity contribution in [2.45, 2.75) is 34.6 Å². The van der Waals surface area contributed by atoms with Crippen molar-refractivity contribution in [1.29, 1.82) is 57.9 Å². The number of pyridine rings is 8. The van der Waals surface area contributed by atoms with Crippen LogP contribution in [-0.4, -0.2) is 74.8 Å². The van der Waals surface area contributed by atoms with Gasteiger partial charge in [0.2, 0.25) is 0 Å². The van der Waals surface area contributed by atoms with Gasteiger partial charge >= 0.3 is 55.7 Å². The summed E-state index contributed by atoms with van der Waals surface area (Å²) in [5, 5.41) is 74.1. The Labute approximate surface area is 607 Å². The monoisotopic (exact) mass is 1520 g/mol. The van der Waals surface area contributed by atoms with Crippen molar-refractivity contribution in [3.05, 3.63) is 284 Å². The van der Waals surface area contributed by atoms with E-state index in [1.54, 1.807) is 129 Å². The molecule has 12 rings (SSSR count). The van der Waals surface area contributed by atoms with E-state index < -0.39 is 0 Å². The van der Waals surface area contributed by atoms with Gasteiger partial charge < -0.3 is 95.9 Å². The molecule has 12 aromatic rings. The standard InChI is InChI=1S/4C10H8N2.C6H6N4.C6H5N4.5C2H3N.6CN.Co.2Ru/c4*1-3-7-11-9(5-1)10-6-2-4-8-12-10;2*1-2-8-5(7-1)6-9-3-4-10-6;5*1-2-3;6*1-2;;;/h4*1-8H;1-4H,(H,7,8)(H,9,10);1-4H,(H-,7,8,9,10);5*1H3;;;;;;;;;/q;;;;;-1;;;;;;6*-1;+3;2*+2. The summed E-state index contributed by atoms with van der Waals surface area (Å²) in [6.45, 7) is 35.7. The van der Waals surface area contributed by atoms with Crippen molar-refractivity contribution in [2.24, 2.45) is 0 Å². The number of nitrogens with zero attached hydrogens (tertiary/aromatic N) is 24. The predicted molar refractivity (Wildman–Crippen MR) is 347 cm³/mol. The molecule has 0 aliphatic heterocycles. The van der Waals surface area contributed by atoms with Crippen molar-refractivity contribution in [2.75, 3.05) is 0 Å². The van der Waals surface area contributed by atoms with E-state index >= 15 is 0 Å². The van der Waals surface area contributed by atoms with E-state index in [2.05, 4.69) is 79.7 Å². The summed E-state index contributed by atoms with van der Waals surface area (Å²) in [5.74, 6) is 2.89. The minimum absolute atomic E-state index is 0. The Kier molecular flexibility index (Phi) is 83.2. The Hall–Kier alpha value is -13.8. The summed E-state index contributed by atoms with van der Waals surface area (Å²) in [7, 11) is 0. The molecule has 0 unspecified atom stereocenters. The second-order valence-electron chi connectivity index (χ2n) is 14.5. The van der Waals surface area contributed by atoms with Gasteiger partial charge in [0.25, 0.3) is 0 Å². The zero-order valence-corrected chi connectivity index (χ0v) is 57.4. The SMILES string of the molecule is CC#N.CC#N.CC#N.CC#N.CC#N.[C-]#N.[C-]#N.[C-]#N.[C-]#N.[C-]#N.[C-]#N.[Co+3].[Ru+2].[Ru+2].c1c[n-]c(-c2ncc[nH]2)n1.c1c[nH]c(-c2ncc[nH]2)n1.c1ccc(-c2ccccn2)nc1.c1ccc(-c2ccccn2)nc1.c1ccc(-c2ccccn2)nc1.c1ccc(-c2ccccn2)nc1. The molecule has 0 atom stereocenters. The number of rotatable bonds is 6. The van der Waals surface area contributed by atoms with E-state index in [-0.39, 0.29) is 55.7 Å². The number of aromatic nitrogens is 16. The van der Waals surface area contributed by atoms with Crippen molar-refractivity contribution in [3.63, 3.8) is 0 Å². The number of imidazole rings is 4. The third kappa shape index (κ3) is 51.9. The van der Waals surface area contributed by atoms with Crippen molar-refractivity contribution in [1.82, 2.24) is 79.7 Å². The quantitative estimate of drug-likeness (QED) is 0.103. The summed E-state index contributed by atoms with van der Waals surface area (Å²) in [4.78, 5) is 62.2. The Morgan fingerprint density at radius 1 is 0.265 bits per heavy atom. The van der Waals surface area contributed by atoms with E-state index in [0.29, 0.717) is 11.6 Å². The maximum absolute atomic E-state index is 7.32. The number of nitrogens with one attached hydrogen (secondary N) is 3. The van der Waals surface area contributed by atoms with Gasteiger partial charge in [0, 0.05) is 121 Å². The predicted octanol–water partition coefficient (Wildman–Crippen LogP) is 13.0. The summed E-state index contributed by atoms with van der Waals surface area (Å²) in [6, 6.07) is 55.1. The van der Waals surface area contributed by atoms with E-state index in [1.165, 1.54) is 34.6 Å². The van der Waals surface area contributed by atoms with Gasteiger partial charge in [0.1, 0.15) is 5.82 Å². The molecule has 98 heavy (non-hydrogen) atoms. The first-order valence-electron chi connectivity index (χ1n) is 26.0. The molecule has 27 nitrogen and oxygen atoms in total. The molecule has 0 spiro atoms. The van der Waals surface area contributed by atoms with E-state index in [9.17, 15) is 0 Å². The molecule has 0 fully saturated rings. The zero-order valence-electron chi connectivity index (χ0n) is 52.9. The van der Waals surface area contributed by atoms with Crippen LogP contribution >= 0.6 is 0 Å². The van der Waals surface area contributed by atoms with Crippen LogP contribution in [0.4, 0.5) is 0 Å². The Morgan fingerprint density at radius 2 is 0.439 bits per heavy atom. The van der Waals surface area contributed by atoms with Crippen molar-refractivity contribution in [3.8, 4) is 99.2 Å². The smallest absolute Gasteiger partial charge is 0.512 e. The zero-order chi connectivity index (χ0) is 72.1. The van der Waals surface area contributed by atoms with Gasteiger partial charge in [-0.25, -0.2) is 15.0 Å². The molecule has 0 radical (unpaired) electrons. The molecule has 3 N–H and O–H groups in total. The molecular formula is C68H58CoN27Ru2. The molecule has 0 amide bonds. The van der Waals surface area contributed by atoms with Crippen LogP contribution in [0.25, 0.3) is 68.8 Å². The summed E-state index contributed by atoms with van der Waals surface area (Å²) in [6.07, 6.45) is 27.7. The number of hydrogen-bond donors (Lipinski definition) is 3. The van der Waals surface area contributed by atoms with Gasteiger partial charge in [-0.1, -0.05) is 60.9 Å². The third-order valence-corrected chi connectivity index (χ3v) is 8.76. The van der Waals surface area contributed by atoms with Gasteiger partial charge in [-0.3, -0.25) is 39.9 Å². The van der Waals surface area contributed by atoms with Crippen molar-refractivity contribution >= 4 is 0 Å². The fourth-order valence-corrected chi connectivity index (χ4v) is 5.65. The van der Waals surface area contributed by atoms with Gasteiger partial charge in [-0.15, -0.1) is 0 Å². The van der Waals surface area contributed by atoms with E-state index in [4.69, 9.17) is 97.3 Å². The van der Waals surface area contributed by atoms with Crippen LogP contribution in [-0.2, 0) is 55.7 Å².